The maximum atomic E-state index is 13.0. The number of furan rings is 1. The highest BCUT2D eigenvalue weighted by Gasteiger charge is 2.41. The van der Waals surface area contributed by atoms with E-state index in [-0.39, 0.29) is 6.04 Å². The van der Waals surface area contributed by atoms with Gasteiger partial charge >= 0.3 is 6.18 Å². The molecular formula is C21H34F3N5O2. The van der Waals surface area contributed by atoms with E-state index in [1.807, 2.05) is 30.9 Å². The summed E-state index contributed by atoms with van der Waals surface area (Å²) in [5.74, 6) is 2.48. The molecule has 0 spiro atoms. The zero-order valence-electron chi connectivity index (χ0n) is 18.6. The van der Waals surface area contributed by atoms with E-state index in [9.17, 15) is 13.2 Å². The van der Waals surface area contributed by atoms with Crippen LogP contribution in [0.5, 0.6) is 0 Å². The third-order valence-electron chi connectivity index (χ3n) is 5.96. The third kappa shape index (κ3) is 6.36. The summed E-state index contributed by atoms with van der Waals surface area (Å²) in [6.07, 6.45) is -4.20. The summed E-state index contributed by atoms with van der Waals surface area (Å²) >= 11 is 0. The molecule has 0 aromatic carbocycles. The summed E-state index contributed by atoms with van der Waals surface area (Å²) in [6.45, 7) is 11.1. The summed E-state index contributed by atoms with van der Waals surface area (Å²) in [5.41, 5.74) is 0. The van der Waals surface area contributed by atoms with Crippen molar-refractivity contribution in [3.63, 3.8) is 0 Å². The Bertz CT molecular complexity index is 710. The Labute approximate surface area is 182 Å². The first-order chi connectivity index (χ1) is 14.8. The molecule has 0 saturated carbocycles. The first kappa shape index (κ1) is 23.9. The van der Waals surface area contributed by atoms with Gasteiger partial charge in [0.25, 0.3) is 0 Å². The molecule has 2 atom stereocenters. The van der Waals surface area contributed by atoms with Crippen molar-refractivity contribution in [2.45, 2.75) is 39.0 Å². The minimum atomic E-state index is -4.20. The normalized spacial score (nSPS) is 21.9. The molecule has 1 N–H and O–H groups in total. The molecule has 7 nitrogen and oxygen atoms in total. The highest BCUT2D eigenvalue weighted by Crippen LogP contribution is 2.26. The van der Waals surface area contributed by atoms with E-state index in [2.05, 4.69) is 10.2 Å². The van der Waals surface area contributed by atoms with E-state index in [4.69, 9.17) is 14.1 Å². The van der Waals surface area contributed by atoms with Gasteiger partial charge in [0.1, 0.15) is 17.6 Å². The lowest BCUT2D eigenvalue weighted by Gasteiger charge is -2.40. The molecule has 176 valence electrons. The summed E-state index contributed by atoms with van der Waals surface area (Å²) in [7, 11) is 0. The third-order valence-corrected chi connectivity index (χ3v) is 5.96. The van der Waals surface area contributed by atoms with Crippen LogP contribution in [0.25, 0.3) is 0 Å². The van der Waals surface area contributed by atoms with E-state index >= 15 is 0 Å². The minimum Gasteiger partial charge on any atom is -0.465 e. The lowest BCUT2D eigenvalue weighted by atomic mass is 10.1. The zero-order valence-corrected chi connectivity index (χ0v) is 18.6. The molecular weight excluding hydrogens is 411 g/mol. The Morgan fingerprint density at radius 3 is 2.32 bits per heavy atom. The minimum absolute atomic E-state index is 0.00204. The van der Waals surface area contributed by atoms with Crippen molar-refractivity contribution in [1.29, 1.82) is 0 Å². The largest absolute Gasteiger partial charge is 0.465 e. The van der Waals surface area contributed by atoms with Gasteiger partial charge in [0, 0.05) is 45.8 Å². The quantitative estimate of drug-likeness (QED) is 0.537. The lowest BCUT2D eigenvalue weighted by Crippen LogP contribution is -2.56. The first-order valence-corrected chi connectivity index (χ1v) is 11.0. The maximum Gasteiger partial charge on any atom is 0.403 e. The molecule has 2 saturated heterocycles. The summed E-state index contributed by atoms with van der Waals surface area (Å²) < 4.78 is 50.5. The van der Waals surface area contributed by atoms with Crippen LogP contribution >= 0.6 is 0 Å². The number of rotatable bonds is 6. The second-order valence-corrected chi connectivity index (χ2v) is 8.05. The summed E-state index contributed by atoms with van der Waals surface area (Å²) in [4.78, 5) is 10.7. The molecule has 10 heteroatoms. The monoisotopic (exact) mass is 445 g/mol. The predicted molar refractivity (Wildman–Crippen MR) is 113 cm³/mol. The smallest absolute Gasteiger partial charge is 0.403 e. The molecule has 2 aliphatic rings. The van der Waals surface area contributed by atoms with Crippen LogP contribution in [0, 0.1) is 6.92 Å². The van der Waals surface area contributed by atoms with Crippen molar-refractivity contribution in [1.82, 2.24) is 20.0 Å². The number of nitrogens with one attached hydrogen (secondary N) is 1. The Balaban J connectivity index is 1.68. The SMILES string of the molecule is CCNC(=NCC(c1ccc(C)o1)N1CCOCC1)N1CCN(C(C)C(F)(F)F)CC1. The number of aliphatic imine (C=N–C) groups is 1. The number of alkyl halides is 3. The second-order valence-electron chi connectivity index (χ2n) is 8.05. The van der Waals surface area contributed by atoms with E-state index in [0.29, 0.717) is 52.5 Å². The Morgan fingerprint density at radius 1 is 1.10 bits per heavy atom. The topological polar surface area (TPSA) is 56.5 Å². The number of aryl methyl sites for hydroxylation is 1. The number of ether oxygens (including phenoxy) is 1. The number of morpholine rings is 1. The highest BCUT2D eigenvalue weighted by molar-refractivity contribution is 5.80. The Morgan fingerprint density at radius 2 is 1.77 bits per heavy atom. The van der Waals surface area contributed by atoms with Gasteiger partial charge < -0.3 is 19.4 Å². The molecule has 2 aliphatic heterocycles. The van der Waals surface area contributed by atoms with Crippen LogP contribution in [0.2, 0.25) is 0 Å². The van der Waals surface area contributed by atoms with E-state index in [1.165, 1.54) is 11.8 Å². The molecule has 1 aromatic heterocycles. The second kappa shape index (κ2) is 10.7. The summed E-state index contributed by atoms with van der Waals surface area (Å²) in [5, 5.41) is 3.30. The number of hydrogen-bond acceptors (Lipinski definition) is 5. The van der Waals surface area contributed by atoms with Gasteiger partial charge in [-0.2, -0.15) is 13.2 Å². The molecule has 3 rings (SSSR count). The highest BCUT2D eigenvalue weighted by atomic mass is 19.4. The average Bonchev–Trinajstić information content (AvgIpc) is 3.19. The van der Waals surface area contributed by atoms with Crippen LogP contribution in [-0.2, 0) is 4.74 Å². The van der Waals surface area contributed by atoms with Gasteiger partial charge in [0.2, 0.25) is 0 Å². The molecule has 0 radical (unpaired) electrons. The predicted octanol–water partition coefficient (Wildman–Crippen LogP) is 2.50. The van der Waals surface area contributed by atoms with Crippen LogP contribution in [0.3, 0.4) is 0 Å². The molecule has 0 aliphatic carbocycles. The molecule has 1 aromatic rings. The summed E-state index contributed by atoms with van der Waals surface area (Å²) in [6, 6.07) is 2.52. The van der Waals surface area contributed by atoms with Gasteiger partial charge in [0.15, 0.2) is 5.96 Å². The standard InChI is InChI=1S/C21H34F3N5O2/c1-4-25-20(29-9-7-27(8-10-29)17(3)21(22,23)24)26-15-18(19-6-5-16(2)31-19)28-11-13-30-14-12-28/h5-6,17-18H,4,7-15H2,1-3H3,(H,25,26). The van der Waals surface area contributed by atoms with E-state index in [1.54, 1.807) is 0 Å². The molecule has 3 heterocycles. The number of piperazine rings is 1. The molecule has 31 heavy (non-hydrogen) atoms. The van der Waals surface area contributed by atoms with Crippen molar-refractivity contribution in [2.75, 3.05) is 65.6 Å². The average molecular weight is 446 g/mol. The molecule has 0 bridgehead atoms. The fourth-order valence-corrected chi connectivity index (χ4v) is 4.03. The zero-order chi connectivity index (χ0) is 22.4. The molecule has 2 unspecified atom stereocenters. The van der Waals surface area contributed by atoms with Crippen LogP contribution in [-0.4, -0.2) is 98.4 Å². The van der Waals surface area contributed by atoms with Crippen molar-refractivity contribution in [3.8, 4) is 0 Å². The fourth-order valence-electron chi connectivity index (χ4n) is 4.03. The lowest BCUT2D eigenvalue weighted by molar-refractivity contribution is -0.181. The van der Waals surface area contributed by atoms with Crippen LogP contribution in [0.1, 0.15) is 31.4 Å². The number of nitrogens with zero attached hydrogens (tertiary/aromatic N) is 4. The fraction of sp³-hybridized carbons (Fsp3) is 0.762. The molecule has 2 fully saturated rings. The van der Waals surface area contributed by atoms with Crippen molar-refractivity contribution in [3.05, 3.63) is 23.7 Å². The van der Waals surface area contributed by atoms with Crippen LogP contribution in [0.4, 0.5) is 13.2 Å². The van der Waals surface area contributed by atoms with Gasteiger partial charge in [-0.25, -0.2) is 0 Å². The first-order valence-electron chi connectivity index (χ1n) is 11.0. The number of guanidine groups is 1. The van der Waals surface area contributed by atoms with Gasteiger partial charge in [0.05, 0.1) is 25.8 Å². The maximum absolute atomic E-state index is 13.0. The van der Waals surface area contributed by atoms with Crippen LogP contribution < -0.4 is 5.32 Å². The van der Waals surface area contributed by atoms with Gasteiger partial charge in [-0.1, -0.05) is 0 Å². The van der Waals surface area contributed by atoms with Gasteiger partial charge in [-0.15, -0.1) is 0 Å². The van der Waals surface area contributed by atoms with Crippen molar-refractivity contribution < 1.29 is 22.3 Å². The van der Waals surface area contributed by atoms with Crippen LogP contribution in [0.15, 0.2) is 21.5 Å². The Hall–Kier alpha value is -1.78. The number of hydrogen-bond donors (Lipinski definition) is 1. The van der Waals surface area contributed by atoms with Crippen molar-refractivity contribution in [2.24, 2.45) is 4.99 Å². The molecule has 0 amide bonds. The van der Waals surface area contributed by atoms with E-state index in [0.717, 1.165) is 30.6 Å². The van der Waals surface area contributed by atoms with Gasteiger partial charge in [-0.05, 0) is 32.9 Å². The van der Waals surface area contributed by atoms with Crippen molar-refractivity contribution >= 4 is 5.96 Å². The number of halogens is 3. The van der Waals surface area contributed by atoms with Gasteiger partial charge in [-0.3, -0.25) is 14.8 Å². The van der Waals surface area contributed by atoms with E-state index < -0.39 is 12.2 Å². The Kier molecular flexibility index (Phi) is 8.23.